The highest BCUT2D eigenvalue weighted by molar-refractivity contribution is 9.10. The molecule has 0 bridgehead atoms. The Morgan fingerprint density at radius 3 is 2.67 bits per heavy atom. The molecule has 1 aromatic carbocycles. The van der Waals surface area contributed by atoms with Crippen LogP contribution < -0.4 is 5.32 Å². The highest BCUT2D eigenvalue weighted by Gasteiger charge is 2.76. The smallest absolute Gasteiger partial charge is 0.281 e. The van der Waals surface area contributed by atoms with E-state index >= 15 is 0 Å². The summed E-state index contributed by atoms with van der Waals surface area (Å²) in [4.78, 5) is 51.5. The van der Waals surface area contributed by atoms with Crippen molar-refractivity contribution < 1.29 is 24.2 Å². The third-order valence-electron chi connectivity index (χ3n) is 11.4. The van der Waals surface area contributed by atoms with Crippen LogP contribution in [0.25, 0.3) is 16.5 Å². The van der Waals surface area contributed by atoms with E-state index in [1.165, 1.54) is 10.5 Å². The highest BCUT2D eigenvalue weighted by Crippen LogP contribution is 2.54. The van der Waals surface area contributed by atoms with Gasteiger partial charge in [-0.25, -0.2) is 0 Å². The van der Waals surface area contributed by atoms with Gasteiger partial charge in [-0.05, 0) is 83.9 Å². The molecule has 1 aliphatic carbocycles. The Bertz CT molecular complexity index is 1720. The Morgan fingerprint density at radius 2 is 2.00 bits per heavy atom. The number of carbonyl (C=O) groups excluding carboxylic acids is 3. The summed E-state index contributed by atoms with van der Waals surface area (Å²) in [6, 6.07) is 5.25. The molecular formula is C35H44BrN5O5. The predicted molar refractivity (Wildman–Crippen MR) is 178 cm³/mol. The molecule has 46 heavy (non-hydrogen) atoms. The van der Waals surface area contributed by atoms with Gasteiger partial charge in [0.25, 0.3) is 11.8 Å². The van der Waals surface area contributed by atoms with Crippen LogP contribution >= 0.6 is 15.9 Å². The van der Waals surface area contributed by atoms with Crippen LogP contribution in [0, 0.1) is 17.8 Å². The monoisotopic (exact) mass is 693 g/mol. The molecule has 6 atom stereocenters. The molecule has 11 heteroatoms. The summed E-state index contributed by atoms with van der Waals surface area (Å²) >= 11 is 3.72. The Balaban J connectivity index is 1.29. The van der Waals surface area contributed by atoms with Crippen molar-refractivity contribution in [3.8, 4) is 0 Å². The largest absolute Gasteiger partial charge is 0.367 e. The lowest BCUT2D eigenvalue weighted by molar-refractivity contribution is -0.347. The number of amides is 3. The minimum atomic E-state index is -2.10. The van der Waals surface area contributed by atoms with E-state index in [9.17, 15) is 19.5 Å². The zero-order chi connectivity index (χ0) is 33.1. The zero-order valence-electron chi connectivity index (χ0n) is 27.4. The standard InChI is InChI=1S/C35H44BrN5O5/c1-8-39-18-21(16-24-22-11-9-12-25-27(22)23(28(36)37-25)17-32(24,39)6)29(42)38-34(20(4)5)31(44)41-26(15-19(2)3)30(43)40-14-10-13-33(40,7)35(41,45)46-34/h8-9,11-12,16,19-21,26,37,45H,1,10,13-15,17-18H2,2-7H3,(H,38,42)/t21-,26+,32-,33+,34-,35+/m1/s1. The van der Waals surface area contributed by atoms with Gasteiger partial charge in [0.15, 0.2) is 0 Å². The number of fused-ring (bicyclic) bond motifs is 5. The molecule has 5 aliphatic rings. The average molecular weight is 695 g/mol. The van der Waals surface area contributed by atoms with Crippen LogP contribution in [0.5, 0.6) is 0 Å². The number of halogens is 1. The van der Waals surface area contributed by atoms with Crippen molar-refractivity contribution in [1.82, 2.24) is 25.0 Å². The van der Waals surface area contributed by atoms with Gasteiger partial charge in [-0.3, -0.25) is 24.0 Å². The number of ether oxygens (including phenoxy) is 1. The predicted octanol–water partition coefficient (Wildman–Crippen LogP) is 4.49. The van der Waals surface area contributed by atoms with E-state index < -0.39 is 46.5 Å². The first-order valence-electron chi connectivity index (χ1n) is 16.4. The summed E-state index contributed by atoms with van der Waals surface area (Å²) in [5.74, 6) is -4.36. The number of nitrogens with zero attached hydrogens (tertiary/aromatic N) is 3. The number of aromatic nitrogens is 1. The Labute approximate surface area is 278 Å². The third kappa shape index (κ3) is 3.91. The molecule has 3 saturated heterocycles. The van der Waals surface area contributed by atoms with Crippen LogP contribution in [0.1, 0.15) is 71.9 Å². The molecule has 10 nitrogen and oxygen atoms in total. The number of carbonyl (C=O) groups is 3. The van der Waals surface area contributed by atoms with E-state index in [0.717, 1.165) is 33.1 Å². The number of rotatable bonds is 6. The Hall–Kier alpha value is -3.15. The van der Waals surface area contributed by atoms with Crippen molar-refractivity contribution in [1.29, 1.82) is 0 Å². The van der Waals surface area contributed by atoms with Gasteiger partial charge in [0.1, 0.15) is 11.6 Å². The van der Waals surface area contributed by atoms with Crippen molar-refractivity contribution in [3.05, 3.63) is 52.8 Å². The fourth-order valence-corrected chi connectivity index (χ4v) is 9.40. The summed E-state index contributed by atoms with van der Waals surface area (Å²) in [6.07, 6.45) is 6.05. The van der Waals surface area contributed by atoms with E-state index in [0.29, 0.717) is 32.4 Å². The lowest BCUT2D eigenvalue weighted by Gasteiger charge is -2.55. The van der Waals surface area contributed by atoms with Crippen molar-refractivity contribution in [2.75, 3.05) is 13.1 Å². The van der Waals surface area contributed by atoms with Crippen molar-refractivity contribution in [3.63, 3.8) is 0 Å². The maximum absolute atomic E-state index is 14.7. The fraction of sp³-hybridized carbons (Fsp3) is 0.571. The van der Waals surface area contributed by atoms with E-state index in [2.05, 4.69) is 50.7 Å². The number of aromatic amines is 1. The van der Waals surface area contributed by atoms with Crippen LogP contribution in [-0.2, 0) is 25.5 Å². The second-order valence-corrected chi connectivity index (χ2v) is 15.7. The summed E-state index contributed by atoms with van der Waals surface area (Å²) in [6.45, 7) is 16.5. The van der Waals surface area contributed by atoms with E-state index in [-0.39, 0.29) is 17.7 Å². The third-order valence-corrected chi connectivity index (χ3v) is 12.1. The molecule has 0 saturated carbocycles. The molecule has 3 N–H and O–H groups in total. The van der Waals surface area contributed by atoms with Crippen LogP contribution in [0.3, 0.4) is 0 Å². The molecule has 5 heterocycles. The number of nitrogens with one attached hydrogen (secondary N) is 2. The van der Waals surface area contributed by atoms with Crippen molar-refractivity contribution in [2.45, 2.75) is 96.0 Å². The Morgan fingerprint density at radius 1 is 1.26 bits per heavy atom. The normalized spacial score (nSPS) is 35.1. The molecule has 2 aromatic rings. The molecule has 246 valence electrons. The maximum atomic E-state index is 14.7. The first-order chi connectivity index (χ1) is 21.6. The minimum absolute atomic E-state index is 0.0794. The molecular weight excluding hydrogens is 650 g/mol. The number of hydrogen-bond acceptors (Lipinski definition) is 6. The zero-order valence-corrected chi connectivity index (χ0v) is 29.0. The molecule has 7 rings (SSSR count). The van der Waals surface area contributed by atoms with E-state index in [4.69, 9.17) is 4.74 Å². The van der Waals surface area contributed by atoms with Crippen LogP contribution in [0.4, 0.5) is 0 Å². The summed E-state index contributed by atoms with van der Waals surface area (Å²) < 4.78 is 7.52. The molecule has 0 unspecified atom stereocenters. The van der Waals surface area contributed by atoms with Gasteiger partial charge < -0.3 is 25.2 Å². The highest BCUT2D eigenvalue weighted by atomic mass is 79.9. The minimum Gasteiger partial charge on any atom is -0.367 e. The SMILES string of the molecule is C=CN1C[C@H](C(=O)N[C@]2(C(C)C)O[C@]3(O)N(C2=O)[C@@H](CC(C)C)C(=O)N2CCC[C@]23C)C=C2c3cccc4[nH]c(Br)c(c34)C[C@]21C. The average Bonchev–Trinajstić information content (AvgIpc) is 3.62. The topological polar surface area (TPSA) is 118 Å². The second kappa shape index (κ2) is 10.2. The molecule has 1 aromatic heterocycles. The van der Waals surface area contributed by atoms with Gasteiger partial charge in [0, 0.05) is 36.3 Å². The van der Waals surface area contributed by atoms with E-state index in [1.807, 2.05) is 32.1 Å². The van der Waals surface area contributed by atoms with Gasteiger partial charge in [-0.1, -0.05) is 52.5 Å². The molecule has 0 radical (unpaired) electrons. The molecule has 3 fully saturated rings. The number of aliphatic hydroxyl groups is 1. The van der Waals surface area contributed by atoms with Crippen LogP contribution in [-0.4, -0.2) is 84.4 Å². The second-order valence-electron chi connectivity index (χ2n) is 14.9. The summed E-state index contributed by atoms with van der Waals surface area (Å²) in [7, 11) is 0. The quantitative estimate of drug-likeness (QED) is 0.411. The first kappa shape index (κ1) is 31.4. The summed E-state index contributed by atoms with van der Waals surface area (Å²) in [5, 5.41) is 16.6. The van der Waals surface area contributed by atoms with Crippen molar-refractivity contribution >= 4 is 50.1 Å². The van der Waals surface area contributed by atoms with Gasteiger partial charge in [0.2, 0.25) is 17.5 Å². The molecule has 3 amide bonds. The van der Waals surface area contributed by atoms with Crippen LogP contribution in [0.15, 0.2) is 41.7 Å². The van der Waals surface area contributed by atoms with Gasteiger partial charge in [-0.2, -0.15) is 0 Å². The van der Waals surface area contributed by atoms with E-state index in [1.54, 1.807) is 31.9 Å². The van der Waals surface area contributed by atoms with Crippen LogP contribution in [0.2, 0.25) is 0 Å². The lowest BCUT2D eigenvalue weighted by Crippen LogP contribution is -2.76. The summed E-state index contributed by atoms with van der Waals surface area (Å²) in [5.41, 5.74) is 0.823. The number of hydrogen-bond donors (Lipinski definition) is 3. The number of benzene rings is 1. The van der Waals surface area contributed by atoms with Crippen molar-refractivity contribution in [2.24, 2.45) is 17.8 Å². The van der Waals surface area contributed by atoms with Gasteiger partial charge in [0.05, 0.1) is 16.1 Å². The molecule has 4 aliphatic heterocycles. The lowest BCUT2D eigenvalue weighted by atomic mass is 9.71. The number of piperazine rings is 1. The first-order valence-corrected chi connectivity index (χ1v) is 17.2. The molecule has 0 spiro atoms. The Kier molecular flexibility index (Phi) is 6.96. The van der Waals surface area contributed by atoms with Gasteiger partial charge in [-0.15, -0.1) is 0 Å². The fourth-order valence-electron chi connectivity index (χ4n) is 8.85. The number of H-pyrrole nitrogens is 1. The van der Waals surface area contributed by atoms with Gasteiger partial charge >= 0.3 is 0 Å². The maximum Gasteiger partial charge on any atom is 0.281 e.